The van der Waals surface area contributed by atoms with E-state index in [-0.39, 0.29) is 5.78 Å². The maximum Gasteiger partial charge on any atom is 0.176 e. The van der Waals surface area contributed by atoms with Crippen molar-refractivity contribution >= 4 is 11.5 Å². The first-order valence-electron chi connectivity index (χ1n) is 8.59. The lowest BCUT2D eigenvalue weighted by Gasteiger charge is -2.32. The van der Waals surface area contributed by atoms with Gasteiger partial charge in [-0.3, -0.25) is 9.69 Å². The van der Waals surface area contributed by atoms with Crippen molar-refractivity contribution in [2.24, 2.45) is 0 Å². The van der Waals surface area contributed by atoms with Gasteiger partial charge in [0.15, 0.2) is 5.78 Å². The molecule has 1 aliphatic rings. The lowest BCUT2D eigenvalue weighted by atomic mass is 10.0. The highest BCUT2D eigenvalue weighted by Gasteiger charge is 2.19. The molecule has 3 rings (SSSR count). The summed E-state index contributed by atoms with van der Waals surface area (Å²) in [6.07, 6.45) is 2.16. The van der Waals surface area contributed by atoms with Gasteiger partial charge >= 0.3 is 0 Å². The summed E-state index contributed by atoms with van der Waals surface area (Å²) in [7, 11) is 0. The van der Waals surface area contributed by atoms with Crippen LogP contribution in [0.15, 0.2) is 54.6 Å². The van der Waals surface area contributed by atoms with E-state index < -0.39 is 0 Å². The van der Waals surface area contributed by atoms with Gasteiger partial charge < -0.3 is 11.1 Å². The Labute approximate surface area is 143 Å². The maximum absolute atomic E-state index is 12.2. The molecule has 0 amide bonds. The fourth-order valence-electron chi connectivity index (χ4n) is 3.19. The molecule has 0 radical (unpaired) electrons. The summed E-state index contributed by atoms with van der Waals surface area (Å²) in [6, 6.07) is 18.2. The molecule has 3 N–H and O–H groups in total. The van der Waals surface area contributed by atoms with Crippen LogP contribution >= 0.6 is 0 Å². The van der Waals surface area contributed by atoms with Crippen molar-refractivity contribution in [3.63, 3.8) is 0 Å². The minimum absolute atomic E-state index is 0.106. The monoisotopic (exact) mass is 323 g/mol. The van der Waals surface area contributed by atoms with Gasteiger partial charge in [0, 0.05) is 23.8 Å². The van der Waals surface area contributed by atoms with Crippen LogP contribution in [0.2, 0.25) is 0 Å². The SMILES string of the molecule is Nc1cccc(C(=O)CNC2CCN(Cc3ccccc3)CC2)c1. The number of Topliss-reactive ketones (excluding diaryl/α,β-unsaturated/α-hetero) is 1. The summed E-state index contributed by atoms with van der Waals surface area (Å²) in [5, 5.41) is 3.41. The number of hydrogen-bond acceptors (Lipinski definition) is 4. The van der Waals surface area contributed by atoms with Crippen LogP contribution in [0.3, 0.4) is 0 Å². The molecule has 0 unspecified atom stereocenters. The predicted molar refractivity (Wildman–Crippen MR) is 97.9 cm³/mol. The topological polar surface area (TPSA) is 58.4 Å². The normalized spacial score (nSPS) is 16.2. The van der Waals surface area contributed by atoms with Gasteiger partial charge in [0.25, 0.3) is 0 Å². The summed E-state index contributed by atoms with van der Waals surface area (Å²) < 4.78 is 0. The Balaban J connectivity index is 1.42. The summed E-state index contributed by atoms with van der Waals surface area (Å²) in [6.45, 7) is 3.53. The average Bonchev–Trinajstić information content (AvgIpc) is 2.62. The molecule has 1 heterocycles. The van der Waals surface area contributed by atoms with E-state index in [0.717, 1.165) is 32.5 Å². The number of benzene rings is 2. The van der Waals surface area contributed by atoms with Crippen LogP contribution in [0.5, 0.6) is 0 Å². The highest BCUT2D eigenvalue weighted by Crippen LogP contribution is 2.14. The van der Waals surface area contributed by atoms with E-state index in [0.29, 0.717) is 23.8 Å². The Morgan fingerprint density at radius 1 is 1.08 bits per heavy atom. The third kappa shape index (κ3) is 4.66. The van der Waals surface area contributed by atoms with Gasteiger partial charge in [-0.25, -0.2) is 0 Å². The number of nitrogens with zero attached hydrogens (tertiary/aromatic N) is 1. The molecule has 1 saturated heterocycles. The summed E-state index contributed by atoms with van der Waals surface area (Å²) in [5.41, 5.74) is 8.42. The smallest absolute Gasteiger partial charge is 0.176 e. The van der Waals surface area contributed by atoms with E-state index in [1.807, 2.05) is 12.1 Å². The predicted octanol–water partition coefficient (Wildman–Crippen LogP) is 2.71. The second kappa shape index (κ2) is 8.08. The molecule has 0 aromatic heterocycles. The van der Waals surface area contributed by atoms with E-state index in [4.69, 9.17) is 5.73 Å². The van der Waals surface area contributed by atoms with Crippen LogP contribution in [-0.2, 0) is 6.54 Å². The van der Waals surface area contributed by atoms with Crippen LogP contribution in [0.1, 0.15) is 28.8 Å². The van der Waals surface area contributed by atoms with Gasteiger partial charge in [0.2, 0.25) is 0 Å². The molecule has 4 heteroatoms. The first-order chi connectivity index (χ1) is 11.7. The van der Waals surface area contributed by atoms with E-state index in [1.54, 1.807) is 12.1 Å². The number of likely N-dealkylation sites (tertiary alicyclic amines) is 1. The molecule has 0 saturated carbocycles. The zero-order chi connectivity index (χ0) is 16.8. The summed E-state index contributed by atoms with van der Waals surface area (Å²) in [4.78, 5) is 14.7. The molecular weight excluding hydrogens is 298 g/mol. The third-order valence-electron chi connectivity index (χ3n) is 4.60. The van der Waals surface area contributed by atoms with Crippen molar-refractivity contribution in [2.75, 3.05) is 25.4 Å². The van der Waals surface area contributed by atoms with Crippen LogP contribution in [0.4, 0.5) is 5.69 Å². The van der Waals surface area contributed by atoms with Crippen molar-refractivity contribution in [1.29, 1.82) is 0 Å². The van der Waals surface area contributed by atoms with Gasteiger partial charge in [0.05, 0.1) is 6.54 Å². The van der Waals surface area contributed by atoms with E-state index in [9.17, 15) is 4.79 Å². The highest BCUT2D eigenvalue weighted by molar-refractivity contribution is 5.98. The number of piperidine rings is 1. The Hall–Kier alpha value is -2.17. The standard InChI is InChI=1S/C20H25N3O/c21-18-8-4-7-17(13-18)20(24)14-22-19-9-11-23(12-10-19)15-16-5-2-1-3-6-16/h1-8,13,19,22H,9-12,14-15,21H2. The van der Waals surface area contributed by atoms with Crippen molar-refractivity contribution in [2.45, 2.75) is 25.4 Å². The Morgan fingerprint density at radius 2 is 1.83 bits per heavy atom. The number of ketones is 1. The van der Waals surface area contributed by atoms with Crippen LogP contribution in [0, 0.1) is 0 Å². The van der Waals surface area contributed by atoms with E-state index >= 15 is 0 Å². The molecule has 126 valence electrons. The number of nitrogen functional groups attached to an aromatic ring is 1. The molecule has 1 aliphatic heterocycles. The number of carbonyl (C=O) groups is 1. The Bertz CT molecular complexity index is 664. The van der Waals surface area contributed by atoms with Crippen LogP contribution < -0.4 is 11.1 Å². The zero-order valence-corrected chi connectivity index (χ0v) is 13.9. The Morgan fingerprint density at radius 3 is 2.54 bits per heavy atom. The van der Waals surface area contributed by atoms with Gasteiger partial charge in [0.1, 0.15) is 0 Å². The summed E-state index contributed by atoms with van der Waals surface area (Å²) >= 11 is 0. The minimum Gasteiger partial charge on any atom is -0.399 e. The fraction of sp³-hybridized carbons (Fsp3) is 0.350. The van der Waals surface area contributed by atoms with Crippen molar-refractivity contribution in [3.05, 3.63) is 65.7 Å². The van der Waals surface area contributed by atoms with Crippen LogP contribution in [-0.4, -0.2) is 36.4 Å². The van der Waals surface area contributed by atoms with Crippen LogP contribution in [0.25, 0.3) is 0 Å². The van der Waals surface area contributed by atoms with E-state index in [2.05, 4.69) is 40.5 Å². The average molecular weight is 323 g/mol. The first-order valence-corrected chi connectivity index (χ1v) is 8.59. The molecule has 2 aromatic rings. The molecule has 0 bridgehead atoms. The molecular formula is C20H25N3O. The minimum atomic E-state index is 0.106. The molecule has 4 nitrogen and oxygen atoms in total. The second-order valence-electron chi connectivity index (χ2n) is 6.47. The van der Waals surface area contributed by atoms with Gasteiger partial charge in [-0.1, -0.05) is 42.5 Å². The largest absolute Gasteiger partial charge is 0.399 e. The second-order valence-corrected chi connectivity index (χ2v) is 6.47. The molecule has 0 spiro atoms. The van der Waals surface area contributed by atoms with E-state index in [1.165, 1.54) is 5.56 Å². The molecule has 1 fully saturated rings. The first kappa shape index (κ1) is 16.7. The summed E-state index contributed by atoms with van der Waals surface area (Å²) in [5.74, 6) is 0.106. The molecule has 0 atom stereocenters. The number of carbonyl (C=O) groups excluding carboxylic acids is 1. The Kier molecular flexibility index (Phi) is 5.62. The zero-order valence-electron chi connectivity index (χ0n) is 13.9. The molecule has 0 aliphatic carbocycles. The quantitative estimate of drug-likeness (QED) is 0.634. The van der Waals surface area contributed by atoms with Gasteiger partial charge in [-0.2, -0.15) is 0 Å². The van der Waals surface area contributed by atoms with Crippen molar-refractivity contribution < 1.29 is 4.79 Å². The molecule has 2 aromatic carbocycles. The maximum atomic E-state index is 12.2. The number of anilines is 1. The third-order valence-corrected chi connectivity index (χ3v) is 4.60. The number of nitrogens with one attached hydrogen (secondary N) is 1. The van der Waals surface area contributed by atoms with Crippen molar-refractivity contribution in [3.8, 4) is 0 Å². The highest BCUT2D eigenvalue weighted by atomic mass is 16.1. The number of hydrogen-bond donors (Lipinski definition) is 2. The number of rotatable bonds is 6. The number of nitrogens with two attached hydrogens (primary N) is 1. The lowest BCUT2D eigenvalue weighted by molar-refractivity contribution is 0.0979. The fourth-order valence-corrected chi connectivity index (χ4v) is 3.19. The lowest BCUT2D eigenvalue weighted by Crippen LogP contribution is -2.43. The van der Waals surface area contributed by atoms with Gasteiger partial charge in [-0.15, -0.1) is 0 Å². The van der Waals surface area contributed by atoms with Gasteiger partial charge in [-0.05, 0) is 43.6 Å². The van der Waals surface area contributed by atoms with Crippen molar-refractivity contribution in [1.82, 2.24) is 10.2 Å². The molecule has 24 heavy (non-hydrogen) atoms.